The van der Waals surface area contributed by atoms with Crippen LogP contribution in [0, 0.1) is 0 Å². The van der Waals surface area contributed by atoms with Gasteiger partial charge in [-0.15, -0.1) is 0 Å². The van der Waals surface area contributed by atoms with Crippen LogP contribution in [0.4, 0.5) is 0 Å². The SMILES string of the molecule is CCCCN(CCO)C(=O)c1ccnc(Br)c1. The molecule has 0 radical (unpaired) electrons. The van der Waals surface area contributed by atoms with E-state index in [1.807, 2.05) is 0 Å². The standard InChI is InChI=1S/C12H17BrN2O2/c1-2-3-6-15(7-8-16)12(17)10-4-5-14-11(13)9-10/h4-5,9,16H,2-3,6-8H2,1H3. The molecule has 1 amide bonds. The summed E-state index contributed by atoms with van der Waals surface area (Å²) in [5.74, 6) is -0.0596. The van der Waals surface area contributed by atoms with Crippen LogP contribution in [0.3, 0.4) is 0 Å². The molecule has 0 bridgehead atoms. The molecule has 17 heavy (non-hydrogen) atoms. The van der Waals surface area contributed by atoms with E-state index >= 15 is 0 Å². The van der Waals surface area contributed by atoms with E-state index < -0.39 is 0 Å². The number of aromatic nitrogens is 1. The Labute approximate surface area is 110 Å². The van der Waals surface area contributed by atoms with E-state index in [2.05, 4.69) is 27.8 Å². The Bertz CT molecular complexity index is 371. The molecule has 0 fully saturated rings. The van der Waals surface area contributed by atoms with Crippen LogP contribution in [0.15, 0.2) is 22.9 Å². The zero-order chi connectivity index (χ0) is 12.7. The van der Waals surface area contributed by atoms with Gasteiger partial charge in [0, 0.05) is 24.8 Å². The molecule has 0 aliphatic heterocycles. The highest BCUT2D eigenvalue weighted by Crippen LogP contribution is 2.11. The van der Waals surface area contributed by atoms with E-state index in [1.54, 1.807) is 23.2 Å². The number of nitrogens with zero attached hydrogens (tertiary/aromatic N) is 2. The molecule has 0 aliphatic carbocycles. The van der Waals surface area contributed by atoms with Gasteiger partial charge in [-0.2, -0.15) is 0 Å². The predicted molar refractivity (Wildman–Crippen MR) is 69.8 cm³/mol. The largest absolute Gasteiger partial charge is 0.395 e. The van der Waals surface area contributed by atoms with Crippen molar-refractivity contribution in [1.82, 2.24) is 9.88 Å². The van der Waals surface area contributed by atoms with Crippen LogP contribution in [-0.2, 0) is 0 Å². The highest BCUT2D eigenvalue weighted by molar-refractivity contribution is 9.10. The second-order valence-electron chi connectivity index (χ2n) is 3.74. The molecule has 0 unspecified atom stereocenters. The van der Waals surface area contributed by atoms with Crippen molar-refractivity contribution in [3.05, 3.63) is 28.5 Å². The van der Waals surface area contributed by atoms with Gasteiger partial charge in [0.25, 0.3) is 5.91 Å². The molecule has 0 aromatic carbocycles. The average molecular weight is 301 g/mol. The number of halogens is 1. The number of carbonyl (C=O) groups is 1. The van der Waals surface area contributed by atoms with E-state index in [-0.39, 0.29) is 12.5 Å². The molecule has 0 atom stereocenters. The van der Waals surface area contributed by atoms with E-state index in [1.165, 1.54) is 0 Å². The fourth-order valence-electron chi connectivity index (χ4n) is 1.50. The third-order valence-corrected chi connectivity index (χ3v) is 2.85. The summed E-state index contributed by atoms with van der Waals surface area (Å²) >= 11 is 3.24. The van der Waals surface area contributed by atoms with Crippen molar-refractivity contribution >= 4 is 21.8 Å². The van der Waals surface area contributed by atoms with Gasteiger partial charge >= 0.3 is 0 Å². The minimum absolute atomic E-state index is 0.0122. The van der Waals surface area contributed by atoms with Crippen LogP contribution in [0.25, 0.3) is 0 Å². The highest BCUT2D eigenvalue weighted by Gasteiger charge is 2.14. The molecule has 1 rings (SSSR count). The van der Waals surface area contributed by atoms with Gasteiger partial charge in [0.15, 0.2) is 0 Å². The Balaban J connectivity index is 2.76. The lowest BCUT2D eigenvalue weighted by molar-refractivity contribution is 0.0719. The topological polar surface area (TPSA) is 53.4 Å². The Morgan fingerprint density at radius 3 is 2.88 bits per heavy atom. The number of hydrogen-bond acceptors (Lipinski definition) is 3. The molecule has 1 aromatic rings. The maximum atomic E-state index is 12.2. The van der Waals surface area contributed by atoms with E-state index in [9.17, 15) is 4.79 Å². The second kappa shape index (κ2) is 7.40. The summed E-state index contributed by atoms with van der Waals surface area (Å²) in [6, 6.07) is 3.38. The van der Waals surface area contributed by atoms with Crippen molar-refractivity contribution in [2.75, 3.05) is 19.7 Å². The van der Waals surface area contributed by atoms with Gasteiger partial charge < -0.3 is 10.0 Å². The minimum atomic E-state index is -0.0596. The molecule has 4 nitrogen and oxygen atoms in total. The molecular weight excluding hydrogens is 284 g/mol. The molecule has 5 heteroatoms. The zero-order valence-corrected chi connectivity index (χ0v) is 11.5. The Hall–Kier alpha value is -0.940. The van der Waals surface area contributed by atoms with E-state index in [4.69, 9.17) is 5.11 Å². The molecule has 94 valence electrons. The first-order valence-electron chi connectivity index (χ1n) is 5.70. The Morgan fingerprint density at radius 1 is 1.53 bits per heavy atom. The molecular formula is C12H17BrN2O2. The quantitative estimate of drug-likeness (QED) is 0.819. The van der Waals surface area contributed by atoms with Gasteiger partial charge in [-0.25, -0.2) is 4.98 Å². The first kappa shape index (κ1) is 14.1. The van der Waals surface area contributed by atoms with Crippen LogP contribution in [0.2, 0.25) is 0 Å². The van der Waals surface area contributed by atoms with Crippen molar-refractivity contribution in [3.8, 4) is 0 Å². The van der Waals surface area contributed by atoms with Gasteiger partial charge in [0.2, 0.25) is 0 Å². The van der Waals surface area contributed by atoms with Gasteiger partial charge in [-0.3, -0.25) is 4.79 Å². The molecule has 0 saturated carbocycles. The molecule has 0 saturated heterocycles. The Morgan fingerprint density at radius 2 is 2.29 bits per heavy atom. The maximum absolute atomic E-state index is 12.2. The first-order chi connectivity index (χ1) is 8.19. The summed E-state index contributed by atoms with van der Waals surface area (Å²) in [5, 5.41) is 8.97. The summed E-state index contributed by atoms with van der Waals surface area (Å²) in [7, 11) is 0. The summed E-state index contributed by atoms with van der Waals surface area (Å²) in [6.07, 6.45) is 3.56. The van der Waals surface area contributed by atoms with Crippen molar-refractivity contribution in [2.24, 2.45) is 0 Å². The Kier molecular flexibility index (Phi) is 6.15. The molecule has 0 spiro atoms. The van der Waals surface area contributed by atoms with Crippen molar-refractivity contribution in [3.63, 3.8) is 0 Å². The smallest absolute Gasteiger partial charge is 0.254 e. The lowest BCUT2D eigenvalue weighted by Gasteiger charge is -2.21. The van der Waals surface area contributed by atoms with Crippen LogP contribution in [0.5, 0.6) is 0 Å². The third-order valence-electron chi connectivity index (χ3n) is 2.41. The van der Waals surface area contributed by atoms with Crippen molar-refractivity contribution in [1.29, 1.82) is 0 Å². The van der Waals surface area contributed by atoms with Crippen LogP contribution in [-0.4, -0.2) is 40.6 Å². The summed E-state index contributed by atoms with van der Waals surface area (Å²) in [4.78, 5) is 17.8. The lowest BCUT2D eigenvalue weighted by Crippen LogP contribution is -2.34. The fourth-order valence-corrected chi connectivity index (χ4v) is 1.87. The van der Waals surface area contributed by atoms with Gasteiger partial charge in [-0.1, -0.05) is 13.3 Å². The monoisotopic (exact) mass is 300 g/mol. The number of unbranched alkanes of at least 4 members (excludes halogenated alkanes) is 1. The number of amides is 1. The summed E-state index contributed by atoms with van der Waals surface area (Å²) in [5.41, 5.74) is 0.594. The lowest BCUT2D eigenvalue weighted by atomic mass is 10.2. The number of carbonyl (C=O) groups excluding carboxylic acids is 1. The first-order valence-corrected chi connectivity index (χ1v) is 6.50. The average Bonchev–Trinajstić information content (AvgIpc) is 2.33. The molecule has 0 aliphatic rings. The second-order valence-corrected chi connectivity index (χ2v) is 4.55. The third kappa shape index (κ3) is 4.44. The fraction of sp³-hybridized carbons (Fsp3) is 0.500. The van der Waals surface area contributed by atoms with Crippen LogP contribution in [0.1, 0.15) is 30.1 Å². The van der Waals surface area contributed by atoms with E-state index in [0.717, 1.165) is 12.8 Å². The van der Waals surface area contributed by atoms with Crippen LogP contribution < -0.4 is 0 Å². The predicted octanol–water partition coefficient (Wildman–Crippen LogP) is 2.08. The van der Waals surface area contributed by atoms with E-state index in [0.29, 0.717) is 23.3 Å². The number of pyridine rings is 1. The zero-order valence-electron chi connectivity index (χ0n) is 9.90. The number of hydrogen-bond donors (Lipinski definition) is 1. The molecule has 1 N–H and O–H groups in total. The van der Waals surface area contributed by atoms with Crippen molar-refractivity contribution < 1.29 is 9.90 Å². The summed E-state index contributed by atoms with van der Waals surface area (Å²) in [6.45, 7) is 3.11. The molecule has 1 heterocycles. The van der Waals surface area contributed by atoms with Gasteiger partial charge in [0.05, 0.1) is 6.61 Å². The highest BCUT2D eigenvalue weighted by atomic mass is 79.9. The number of rotatable bonds is 6. The minimum Gasteiger partial charge on any atom is -0.395 e. The van der Waals surface area contributed by atoms with Crippen molar-refractivity contribution in [2.45, 2.75) is 19.8 Å². The molecule has 1 aromatic heterocycles. The maximum Gasteiger partial charge on any atom is 0.254 e. The van der Waals surface area contributed by atoms with Crippen LogP contribution >= 0.6 is 15.9 Å². The van der Waals surface area contributed by atoms with Gasteiger partial charge in [-0.05, 0) is 34.5 Å². The number of aliphatic hydroxyl groups is 1. The number of aliphatic hydroxyl groups excluding tert-OH is 1. The normalized spacial score (nSPS) is 10.3. The van der Waals surface area contributed by atoms with Gasteiger partial charge in [0.1, 0.15) is 4.60 Å². The summed E-state index contributed by atoms with van der Waals surface area (Å²) < 4.78 is 0.641.